The zero-order valence-electron chi connectivity index (χ0n) is 15.9. The SMILES string of the molecule is COC(=O)[C@@H](Cc1cc([N+](=O)[O-])ccc1OC)NC(=O)c1ccccc1C(F)(F)F. The first-order chi connectivity index (χ1) is 14.1. The van der Waals surface area contributed by atoms with Gasteiger partial charge in [-0.2, -0.15) is 13.2 Å². The number of nitro benzene ring substituents is 1. The van der Waals surface area contributed by atoms with Crippen molar-refractivity contribution in [2.24, 2.45) is 0 Å². The maximum atomic E-state index is 13.2. The van der Waals surface area contributed by atoms with Crippen molar-refractivity contribution >= 4 is 17.6 Å². The quantitative estimate of drug-likeness (QED) is 0.414. The average molecular weight is 426 g/mol. The smallest absolute Gasteiger partial charge is 0.417 e. The van der Waals surface area contributed by atoms with Crippen LogP contribution in [0.25, 0.3) is 0 Å². The third-order valence-corrected chi connectivity index (χ3v) is 4.17. The van der Waals surface area contributed by atoms with E-state index in [1.165, 1.54) is 25.3 Å². The Bertz CT molecular complexity index is 962. The minimum absolute atomic E-state index is 0.187. The summed E-state index contributed by atoms with van der Waals surface area (Å²) in [7, 11) is 2.34. The van der Waals surface area contributed by atoms with Crippen molar-refractivity contribution in [1.82, 2.24) is 5.32 Å². The van der Waals surface area contributed by atoms with Crippen molar-refractivity contribution in [1.29, 1.82) is 0 Å². The molecule has 1 N–H and O–H groups in total. The Balaban J connectivity index is 2.37. The van der Waals surface area contributed by atoms with E-state index in [1.807, 2.05) is 0 Å². The third-order valence-electron chi connectivity index (χ3n) is 4.17. The lowest BCUT2D eigenvalue weighted by molar-refractivity contribution is -0.384. The van der Waals surface area contributed by atoms with Crippen molar-refractivity contribution in [3.63, 3.8) is 0 Å². The average Bonchev–Trinajstić information content (AvgIpc) is 2.71. The number of alkyl halides is 3. The number of ether oxygens (including phenoxy) is 2. The number of nitrogens with zero attached hydrogens (tertiary/aromatic N) is 1. The van der Waals surface area contributed by atoms with Crippen molar-refractivity contribution < 1.29 is 37.2 Å². The summed E-state index contributed by atoms with van der Waals surface area (Å²) in [6.45, 7) is 0. The van der Waals surface area contributed by atoms with Gasteiger partial charge < -0.3 is 14.8 Å². The van der Waals surface area contributed by atoms with Gasteiger partial charge in [0.2, 0.25) is 0 Å². The molecule has 0 bridgehead atoms. The fraction of sp³-hybridized carbons (Fsp3) is 0.263. The van der Waals surface area contributed by atoms with E-state index >= 15 is 0 Å². The maximum Gasteiger partial charge on any atom is 0.417 e. The first-order valence-electron chi connectivity index (χ1n) is 8.44. The predicted molar refractivity (Wildman–Crippen MR) is 98.1 cm³/mol. The number of hydrogen-bond donors (Lipinski definition) is 1. The molecule has 8 nitrogen and oxygen atoms in total. The minimum atomic E-state index is -4.78. The van der Waals surface area contributed by atoms with Gasteiger partial charge in [0.05, 0.1) is 30.3 Å². The van der Waals surface area contributed by atoms with Crippen molar-refractivity contribution in [2.45, 2.75) is 18.6 Å². The molecule has 0 aliphatic carbocycles. The van der Waals surface area contributed by atoms with Crippen LogP contribution in [0.2, 0.25) is 0 Å². The van der Waals surface area contributed by atoms with E-state index in [2.05, 4.69) is 10.1 Å². The molecule has 1 atom stereocenters. The van der Waals surface area contributed by atoms with Gasteiger partial charge in [-0.25, -0.2) is 4.79 Å². The largest absolute Gasteiger partial charge is 0.496 e. The molecule has 0 heterocycles. The van der Waals surface area contributed by atoms with Gasteiger partial charge in [-0.3, -0.25) is 14.9 Å². The number of non-ortho nitro benzene ring substituents is 1. The monoisotopic (exact) mass is 426 g/mol. The molecule has 2 aromatic rings. The standard InChI is InChI=1S/C19H17F3N2O6/c1-29-16-8-7-12(24(27)28)9-11(16)10-15(18(26)30-2)23-17(25)13-5-3-4-6-14(13)19(20,21)22/h3-9,15H,10H2,1-2H3,(H,23,25)/t15-/m1/s1. The molecule has 160 valence electrons. The molecule has 0 aromatic heterocycles. The fourth-order valence-corrected chi connectivity index (χ4v) is 2.76. The number of nitrogens with one attached hydrogen (secondary N) is 1. The summed E-state index contributed by atoms with van der Waals surface area (Å²) in [6, 6.07) is 6.32. The minimum Gasteiger partial charge on any atom is -0.496 e. The van der Waals surface area contributed by atoms with Crippen LogP contribution >= 0.6 is 0 Å². The van der Waals surface area contributed by atoms with Crippen LogP contribution in [-0.4, -0.2) is 37.1 Å². The third kappa shape index (κ3) is 5.25. The van der Waals surface area contributed by atoms with E-state index in [1.54, 1.807) is 0 Å². The van der Waals surface area contributed by atoms with E-state index < -0.39 is 40.1 Å². The predicted octanol–water partition coefficient (Wildman–Crippen LogP) is 3.14. The number of amides is 1. The summed E-state index contributed by atoms with van der Waals surface area (Å²) in [4.78, 5) is 35.0. The first-order valence-corrected chi connectivity index (χ1v) is 8.44. The van der Waals surface area contributed by atoms with Gasteiger partial charge in [0.1, 0.15) is 11.8 Å². The van der Waals surface area contributed by atoms with Gasteiger partial charge in [0.15, 0.2) is 0 Å². The van der Waals surface area contributed by atoms with Gasteiger partial charge in [-0.1, -0.05) is 12.1 Å². The molecule has 2 aromatic carbocycles. The molecule has 0 saturated heterocycles. The number of carbonyl (C=O) groups is 2. The highest BCUT2D eigenvalue weighted by atomic mass is 19.4. The molecule has 0 saturated carbocycles. The number of rotatable bonds is 7. The van der Waals surface area contributed by atoms with Crippen LogP contribution in [0.15, 0.2) is 42.5 Å². The van der Waals surface area contributed by atoms with Gasteiger partial charge >= 0.3 is 12.1 Å². The first kappa shape index (κ1) is 22.7. The zero-order valence-corrected chi connectivity index (χ0v) is 15.9. The molecule has 0 unspecified atom stereocenters. The normalized spacial score (nSPS) is 12.0. The van der Waals surface area contributed by atoms with Gasteiger partial charge in [0.25, 0.3) is 11.6 Å². The highest BCUT2D eigenvalue weighted by Crippen LogP contribution is 2.32. The molecular formula is C19H17F3N2O6. The number of benzene rings is 2. The van der Waals surface area contributed by atoms with Crippen LogP contribution in [0.1, 0.15) is 21.5 Å². The molecule has 2 rings (SSSR count). The van der Waals surface area contributed by atoms with Crippen LogP contribution in [0.5, 0.6) is 5.75 Å². The summed E-state index contributed by atoms with van der Waals surface area (Å²) in [5.41, 5.74) is -1.95. The lowest BCUT2D eigenvalue weighted by Crippen LogP contribution is -2.43. The Morgan fingerprint density at radius 1 is 1.17 bits per heavy atom. The number of esters is 1. The van der Waals surface area contributed by atoms with E-state index in [-0.39, 0.29) is 23.4 Å². The van der Waals surface area contributed by atoms with Crippen LogP contribution in [0, 0.1) is 10.1 Å². The van der Waals surface area contributed by atoms with Crippen LogP contribution in [0.3, 0.4) is 0 Å². The Morgan fingerprint density at radius 2 is 1.83 bits per heavy atom. The number of halogens is 3. The molecule has 1 amide bonds. The molecule has 0 spiro atoms. The van der Waals surface area contributed by atoms with E-state index in [0.29, 0.717) is 0 Å². The number of hydrogen-bond acceptors (Lipinski definition) is 6. The van der Waals surface area contributed by atoms with E-state index in [9.17, 15) is 32.9 Å². The second-order valence-electron chi connectivity index (χ2n) is 6.05. The lowest BCUT2D eigenvalue weighted by atomic mass is 10.0. The molecular weight excluding hydrogens is 409 g/mol. The highest BCUT2D eigenvalue weighted by Gasteiger charge is 2.36. The molecule has 0 radical (unpaired) electrons. The van der Waals surface area contributed by atoms with Crippen LogP contribution < -0.4 is 10.1 Å². The Labute approximate surface area is 168 Å². The van der Waals surface area contributed by atoms with Gasteiger partial charge in [0, 0.05) is 24.1 Å². The van der Waals surface area contributed by atoms with Crippen molar-refractivity contribution in [3.8, 4) is 5.75 Å². The maximum absolute atomic E-state index is 13.2. The summed E-state index contributed by atoms with van der Waals surface area (Å²) in [5.74, 6) is -1.90. The molecule has 0 aliphatic heterocycles. The molecule has 0 aliphatic rings. The van der Waals surface area contributed by atoms with Gasteiger partial charge in [-0.15, -0.1) is 0 Å². The lowest BCUT2D eigenvalue weighted by Gasteiger charge is -2.19. The summed E-state index contributed by atoms with van der Waals surface area (Å²) < 4.78 is 49.3. The second kappa shape index (κ2) is 9.25. The number of methoxy groups -OCH3 is 2. The highest BCUT2D eigenvalue weighted by molar-refractivity contribution is 5.98. The Morgan fingerprint density at radius 3 is 2.40 bits per heavy atom. The zero-order chi connectivity index (χ0) is 22.5. The summed E-state index contributed by atoms with van der Waals surface area (Å²) >= 11 is 0. The number of nitro groups is 1. The Kier molecular flexibility index (Phi) is 6.98. The van der Waals surface area contributed by atoms with E-state index in [4.69, 9.17) is 4.74 Å². The number of carbonyl (C=O) groups excluding carboxylic acids is 2. The summed E-state index contributed by atoms with van der Waals surface area (Å²) in [6.07, 6.45) is -5.09. The van der Waals surface area contributed by atoms with Crippen molar-refractivity contribution in [3.05, 3.63) is 69.3 Å². The van der Waals surface area contributed by atoms with E-state index in [0.717, 1.165) is 31.4 Å². The summed E-state index contributed by atoms with van der Waals surface area (Å²) in [5, 5.41) is 13.2. The molecule has 0 fully saturated rings. The molecule has 30 heavy (non-hydrogen) atoms. The van der Waals surface area contributed by atoms with Crippen LogP contribution in [0.4, 0.5) is 18.9 Å². The molecule has 11 heteroatoms. The second-order valence-corrected chi connectivity index (χ2v) is 6.05. The van der Waals surface area contributed by atoms with Gasteiger partial charge in [-0.05, 0) is 18.2 Å². The van der Waals surface area contributed by atoms with Crippen molar-refractivity contribution in [2.75, 3.05) is 14.2 Å². The fourth-order valence-electron chi connectivity index (χ4n) is 2.76. The van der Waals surface area contributed by atoms with Crippen LogP contribution in [-0.2, 0) is 22.1 Å². The topological polar surface area (TPSA) is 108 Å². The Hall–Kier alpha value is -3.63.